The van der Waals surface area contributed by atoms with Gasteiger partial charge in [0.15, 0.2) is 0 Å². The lowest BCUT2D eigenvalue weighted by atomic mass is 10.1. The van der Waals surface area contributed by atoms with E-state index in [2.05, 4.69) is 0 Å². The first kappa shape index (κ1) is 13.5. The van der Waals surface area contributed by atoms with Crippen molar-refractivity contribution in [3.63, 3.8) is 0 Å². The van der Waals surface area contributed by atoms with Crippen molar-refractivity contribution in [2.75, 3.05) is 20.7 Å². The number of carboxylic acid groups (broad SMARTS) is 1. The van der Waals surface area contributed by atoms with Crippen molar-refractivity contribution in [2.24, 2.45) is 5.92 Å². The van der Waals surface area contributed by atoms with Crippen LogP contribution in [0.1, 0.15) is 12.5 Å². The van der Waals surface area contributed by atoms with Gasteiger partial charge in [0.05, 0.1) is 13.0 Å². The smallest absolute Gasteiger partial charge is 0.307 e. The molecule has 1 unspecified atom stereocenters. The van der Waals surface area contributed by atoms with Gasteiger partial charge in [0.2, 0.25) is 0 Å². The van der Waals surface area contributed by atoms with Crippen molar-refractivity contribution in [3.8, 4) is 5.75 Å². The number of para-hydroxylation sites is 1. The largest absolute Gasteiger partial charge is 0.496 e. The molecule has 0 aliphatic rings. The normalized spacial score (nSPS) is 12.5. The van der Waals surface area contributed by atoms with E-state index in [-0.39, 0.29) is 5.92 Å². The molecule has 0 fully saturated rings. The highest BCUT2D eigenvalue weighted by molar-refractivity contribution is 5.69. The summed E-state index contributed by atoms with van der Waals surface area (Å²) >= 11 is 0. The molecule has 0 spiro atoms. The van der Waals surface area contributed by atoms with E-state index in [1.165, 1.54) is 0 Å². The average molecular weight is 237 g/mol. The molecule has 1 aromatic rings. The van der Waals surface area contributed by atoms with Crippen LogP contribution in [0.15, 0.2) is 24.3 Å². The third kappa shape index (κ3) is 4.07. The summed E-state index contributed by atoms with van der Waals surface area (Å²) in [6.45, 7) is 2.91. The summed E-state index contributed by atoms with van der Waals surface area (Å²) in [5.74, 6) is -0.297. The zero-order chi connectivity index (χ0) is 12.8. The van der Waals surface area contributed by atoms with Crippen LogP contribution in [-0.4, -0.2) is 36.7 Å². The summed E-state index contributed by atoms with van der Waals surface area (Å²) < 4.78 is 5.26. The molecule has 17 heavy (non-hydrogen) atoms. The molecule has 0 radical (unpaired) electrons. The lowest BCUT2D eigenvalue weighted by Crippen LogP contribution is -2.28. The number of methoxy groups -OCH3 is 1. The molecule has 4 nitrogen and oxygen atoms in total. The molecule has 94 valence electrons. The van der Waals surface area contributed by atoms with Gasteiger partial charge in [-0.1, -0.05) is 25.1 Å². The van der Waals surface area contributed by atoms with E-state index in [0.29, 0.717) is 13.1 Å². The van der Waals surface area contributed by atoms with Crippen LogP contribution in [0.3, 0.4) is 0 Å². The Hall–Kier alpha value is -1.55. The van der Waals surface area contributed by atoms with E-state index in [1.807, 2.05) is 36.2 Å². The third-order valence-corrected chi connectivity index (χ3v) is 2.64. The predicted octanol–water partition coefficient (Wildman–Crippen LogP) is 1.85. The van der Waals surface area contributed by atoms with Crippen LogP contribution in [0.25, 0.3) is 0 Å². The van der Waals surface area contributed by atoms with Gasteiger partial charge in [0, 0.05) is 18.7 Å². The SMILES string of the molecule is COc1ccccc1CN(C)CC(C)C(=O)O. The fourth-order valence-corrected chi connectivity index (χ4v) is 1.73. The molecule has 0 saturated carbocycles. The number of rotatable bonds is 6. The quantitative estimate of drug-likeness (QED) is 0.820. The molecule has 1 atom stereocenters. The Morgan fingerprint density at radius 1 is 1.47 bits per heavy atom. The predicted molar refractivity (Wildman–Crippen MR) is 66.1 cm³/mol. The zero-order valence-electron chi connectivity index (χ0n) is 10.5. The lowest BCUT2D eigenvalue weighted by molar-refractivity contribution is -0.141. The van der Waals surface area contributed by atoms with Crippen molar-refractivity contribution in [3.05, 3.63) is 29.8 Å². The van der Waals surface area contributed by atoms with Gasteiger partial charge in [0.25, 0.3) is 0 Å². The second kappa shape index (κ2) is 6.25. The standard InChI is InChI=1S/C13H19NO3/c1-10(13(15)16)8-14(2)9-11-6-4-5-7-12(11)17-3/h4-7,10H,8-9H2,1-3H3,(H,15,16). The highest BCUT2D eigenvalue weighted by Gasteiger charge is 2.14. The van der Waals surface area contributed by atoms with Crippen LogP contribution in [0.4, 0.5) is 0 Å². The van der Waals surface area contributed by atoms with Crippen molar-refractivity contribution >= 4 is 5.97 Å². The average Bonchev–Trinajstić information content (AvgIpc) is 2.29. The number of hydrogen-bond acceptors (Lipinski definition) is 3. The molecular weight excluding hydrogens is 218 g/mol. The third-order valence-electron chi connectivity index (χ3n) is 2.64. The lowest BCUT2D eigenvalue weighted by Gasteiger charge is -2.20. The van der Waals surface area contributed by atoms with E-state index in [1.54, 1.807) is 14.0 Å². The Labute approximate surface area is 102 Å². The molecule has 1 aromatic carbocycles. The number of nitrogens with zero attached hydrogens (tertiary/aromatic N) is 1. The topological polar surface area (TPSA) is 49.8 Å². The molecule has 0 saturated heterocycles. The molecule has 4 heteroatoms. The number of hydrogen-bond donors (Lipinski definition) is 1. The Balaban J connectivity index is 2.61. The highest BCUT2D eigenvalue weighted by Crippen LogP contribution is 2.19. The number of ether oxygens (including phenoxy) is 1. The van der Waals surface area contributed by atoms with Gasteiger partial charge in [-0.15, -0.1) is 0 Å². The molecule has 0 heterocycles. The van der Waals surface area contributed by atoms with Gasteiger partial charge < -0.3 is 14.7 Å². The molecule has 0 amide bonds. The molecule has 1 N–H and O–H groups in total. The maximum atomic E-state index is 10.8. The van der Waals surface area contributed by atoms with Gasteiger partial charge >= 0.3 is 5.97 Å². The maximum Gasteiger partial charge on any atom is 0.307 e. The van der Waals surface area contributed by atoms with E-state index in [9.17, 15) is 4.79 Å². The van der Waals surface area contributed by atoms with Crippen LogP contribution < -0.4 is 4.74 Å². The monoisotopic (exact) mass is 237 g/mol. The summed E-state index contributed by atoms with van der Waals surface area (Å²) in [7, 11) is 3.55. The molecule has 1 rings (SSSR count). The van der Waals surface area contributed by atoms with E-state index >= 15 is 0 Å². The Morgan fingerprint density at radius 3 is 2.71 bits per heavy atom. The number of benzene rings is 1. The van der Waals surface area contributed by atoms with Crippen molar-refractivity contribution in [2.45, 2.75) is 13.5 Å². The molecule has 0 aromatic heterocycles. The van der Waals surface area contributed by atoms with E-state index in [4.69, 9.17) is 9.84 Å². The highest BCUT2D eigenvalue weighted by atomic mass is 16.5. The second-order valence-corrected chi connectivity index (χ2v) is 4.25. The summed E-state index contributed by atoms with van der Waals surface area (Å²) in [5, 5.41) is 8.85. The number of carboxylic acids is 1. The van der Waals surface area contributed by atoms with Gasteiger partial charge in [0.1, 0.15) is 5.75 Å². The van der Waals surface area contributed by atoms with Crippen LogP contribution in [0, 0.1) is 5.92 Å². The van der Waals surface area contributed by atoms with E-state index < -0.39 is 5.97 Å². The Kier molecular flexibility index (Phi) is 4.97. The van der Waals surface area contributed by atoms with Gasteiger partial charge in [-0.2, -0.15) is 0 Å². The minimum atomic E-state index is -0.767. The fourth-order valence-electron chi connectivity index (χ4n) is 1.73. The number of carbonyl (C=O) groups is 1. The fraction of sp³-hybridized carbons (Fsp3) is 0.462. The van der Waals surface area contributed by atoms with Crippen LogP contribution in [-0.2, 0) is 11.3 Å². The minimum absolute atomic E-state index is 0.366. The maximum absolute atomic E-state index is 10.8. The van der Waals surface area contributed by atoms with Gasteiger partial charge in [-0.05, 0) is 13.1 Å². The first-order chi connectivity index (χ1) is 8.04. The Morgan fingerprint density at radius 2 is 2.12 bits per heavy atom. The second-order valence-electron chi connectivity index (χ2n) is 4.25. The zero-order valence-corrected chi connectivity index (χ0v) is 10.5. The van der Waals surface area contributed by atoms with Crippen LogP contribution in [0.2, 0.25) is 0 Å². The molecule has 0 aliphatic heterocycles. The van der Waals surface area contributed by atoms with Crippen molar-refractivity contribution < 1.29 is 14.6 Å². The molecule has 0 aliphatic carbocycles. The van der Waals surface area contributed by atoms with Crippen LogP contribution >= 0.6 is 0 Å². The van der Waals surface area contributed by atoms with E-state index in [0.717, 1.165) is 11.3 Å². The first-order valence-electron chi connectivity index (χ1n) is 5.57. The molecule has 0 bridgehead atoms. The number of aliphatic carboxylic acids is 1. The van der Waals surface area contributed by atoms with Crippen molar-refractivity contribution in [1.82, 2.24) is 4.90 Å². The van der Waals surface area contributed by atoms with Crippen molar-refractivity contribution in [1.29, 1.82) is 0 Å². The minimum Gasteiger partial charge on any atom is -0.496 e. The summed E-state index contributed by atoms with van der Waals surface area (Å²) in [6.07, 6.45) is 0. The Bertz CT molecular complexity index is 379. The summed E-state index contributed by atoms with van der Waals surface area (Å²) in [4.78, 5) is 12.7. The van der Waals surface area contributed by atoms with Gasteiger partial charge in [-0.25, -0.2) is 0 Å². The van der Waals surface area contributed by atoms with Crippen LogP contribution in [0.5, 0.6) is 5.75 Å². The summed E-state index contributed by atoms with van der Waals surface area (Å²) in [5.41, 5.74) is 1.06. The first-order valence-corrected chi connectivity index (χ1v) is 5.57. The molecular formula is C13H19NO3. The summed E-state index contributed by atoms with van der Waals surface area (Å²) in [6, 6.07) is 7.76. The van der Waals surface area contributed by atoms with Gasteiger partial charge in [-0.3, -0.25) is 4.79 Å².